The molecule has 0 bridgehead atoms. The van der Waals surface area contributed by atoms with Crippen LogP contribution in [-0.2, 0) is 6.42 Å². The zero-order valence-corrected chi connectivity index (χ0v) is 17.5. The monoisotopic (exact) mass is 423 g/mol. The highest BCUT2D eigenvalue weighted by atomic mass is 32.1. The van der Waals surface area contributed by atoms with Gasteiger partial charge in [-0.2, -0.15) is 0 Å². The summed E-state index contributed by atoms with van der Waals surface area (Å²) in [5.74, 6) is -0.629. The van der Waals surface area contributed by atoms with Gasteiger partial charge >= 0.3 is 0 Å². The Labute approximate surface area is 178 Å². The van der Waals surface area contributed by atoms with Crippen molar-refractivity contribution >= 4 is 28.8 Å². The van der Waals surface area contributed by atoms with E-state index in [9.17, 15) is 14.0 Å². The maximum absolute atomic E-state index is 13.9. The van der Waals surface area contributed by atoms with Gasteiger partial charge < -0.3 is 10.2 Å². The molecule has 2 heterocycles. The Kier molecular flexibility index (Phi) is 5.90. The van der Waals surface area contributed by atoms with Crippen molar-refractivity contribution in [3.8, 4) is 0 Å². The van der Waals surface area contributed by atoms with E-state index < -0.39 is 0 Å². The molecular formula is C23H22FN3O2S. The van der Waals surface area contributed by atoms with E-state index in [1.165, 1.54) is 17.4 Å². The molecule has 2 amide bonds. The standard InChI is InChI=1S/C23H22FN3O2S/c1-15-17(23(29)27-11-4-5-12-27)8-6-10-19(15)26-22(28)20-14-30-21(25-20)13-16-7-2-3-9-18(16)24/h2-3,6-10,14H,4-5,11-13H2,1H3,(H,26,28). The molecule has 5 nitrogen and oxygen atoms in total. The molecule has 1 N–H and O–H groups in total. The molecule has 1 aliphatic heterocycles. The first-order valence-electron chi connectivity index (χ1n) is 9.91. The quantitative estimate of drug-likeness (QED) is 0.649. The van der Waals surface area contributed by atoms with Crippen molar-refractivity contribution < 1.29 is 14.0 Å². The number of hydrogen-bond acceptors (Lipinski definition) is 4. The van der Waals surface area contributed by atoms with E-state index in [0.29, 0.717) is 28.2 Å². The van der Waals surface area contributed by atoms with Crippen molar-refractivity contribution in [2.75, 3.05) is 18.4 Å². The smallest absolute Gasteiger partial charge is 0.275 e. The first-order valence-corrected chi connectivity index (χ1v) is 10.8. The molecule has 1 aliphatic rings. The Hall–Kier alpha value is -3.06. The maximum Gasteiger partial charge on any atom is 0.275 e. The fourth-order valence-corrected chi connectivity index (χ4v) is 4.38. The second-order valence-corrected chi connectivity index (χ2v) is 8.27. The van der Waals surface area contributed by atoms with Crippen molar-refractivity contribution in [3.63, 3.8) is 0 Å². The number of hydrogen-bond donors (Lipinski definition) is 1. The van der Waals surface area contributed by atoms with Crippen LogP contribution in [0.5, 0.6) is 0 Å². The number of aromatic nitrogens is 1. The van der Waals surface area contributed by atoms with Crippen LogP contribution in [0.3, 0.4) is 0 Å². The molecule has 1 fully saturated rings. The first kappa shape index (κ1) is 20.2. The molecule has 0 radical (unpaired) electrons. The zero-order valence-electron chi connectivity index (χ0n) is 16.7. The predicted octanol–water partition coefficient (Wildman–Crippen LogP) is 4.67. The molecule has 4 rings (SSSR count). The highest BCUT2D eigenvalue weighted by molar-refractivity contribution is 7.09. The Morgan fingerprint density at radius 1 is 1.13 bits per heavy atom. The average Bonchev–Trinajstić information content (AvgIpc) is 3.43. The van der Waals surface area contributed by atoms with Crippen molar-refractivity contribution in [2.24, 2.45) is 0 Å². The summed E-state index contributed by atoms with van der Waals surface area (Å²) in [6, 6.07) is 11.9. The molecule has 154 valence electrons. The van der Waals surface area contributed by atoms with E-state index >= 15 is 0 Å². The van der Waals surface area contributed by atoms with Crippen LogP contribution in [-0.4, -0.2) is 34.8 Å². The number of likely N-dealkylation sites (tertiary alicyclic amines) is 1. The van der Waals surface area contributed by atoms with Gasteiger partial charge in [-0.25, -0.2) is 9.37 Å². The highest BCUT2D eigenvalue weighted by Gasteiger charge is 2.22. The number of anilines is 1. The number of benzene rings is 2. The lowest BCUT2D eigenvalue weighted by Crippen LogP contribution is -2.28. The van der Waals surface area contributed by atoms with Gasteiger partial charge in [0.15, 0.2) is 0 Å². The number of nitrogens with one attached hydrogen (secondary N) is 1. The summed E-state index contributed by atoms with van der Waals surface area (Å²) in [5, 5.41) is 5.19. The third kappa shape index (κ3) is 4.26. The van der Waals surface area contributed by atoms with Gasteiger partial charge in [0.2, 0.25) is 0 Å². The van der Waals surface area contributed by atoms with Crippen LogP contribution in [0.1, 0.15) is 49.8 Å². The predicted molar refractivity (Wildman–Crippen MR) is 116 cm³/mol. The van der Waals surface area contributed by atoms with Crippen molar-refractivity contribution in [2.45, 2.75) is 26.2 Å². The lowest BCUT2D eigenvalue weighted by Gasteiger charge is -2.18. The summed E-state index contributed by atoms with van der Waals surface area (Å²) in [6.07, 6.45) is 2.39. The number of carbonyl (C=O) groups is 2. The molecule has 3 aromatic rings. The van der Waals surface area contributed by atoms with Crippen LogP contribution < -0.4 is 5.32 Å². The Morgan fingerprint density at radius 2 is 1.90 bits per heavy atom. The van der Waals surface area contributed by atoms with Gasteiger partial charge in [0.25, 0.3) is 11.8 Å². The number of halogens is 1. The second kappa shape index (κ2) is 8.75. The summed E-state index contributed by atoms with van der Waals surface area (Å²) in [7, 11) is 0. The minimum atomic E-state index is -0.347. The van der Waals surface area contributed by atoms with Crippen LogP contribution in [0.15, 0.2) is 47.8 Å². The largest absolute Gasteiger partial charge is 0.339 e. The Bertz CT molecular complexity index is 1090. The van der Waals surface area contributed by atoms with Crippen LogP contribution in [0.4, 0.5) is 10.1 Å². The fourth-order valence-electron chi connectivity index (χ4n) is 3.58. The average molecular weight is 424 g/mol. The number of carbonyl (C=O) groups excluding carboxylic acids is 2. The van der Waals surface area contributed by atoms with Gasteiger partial charge in [-0.15, -0.1) is 11.3 Å². The highest BCUT2D eigenvalue weighted by Crippen LogP contribution is 2.23. The zero-order chi connectivity index (χ0) is 21.1. The van der Waals surface area contributed by atoms with Gasteiger partial charge in [-0.3, -0.25) is 9.59 Å². The SMILES string of the molecule is Cc1c(NC(=O)c2csc(Cc3ccccc3F)n2)cccc1C(=O)N1CCCC1. The summed E-state index contributed by atoms with van der Waals surface area (Å²) < 4.78 is 13.9. The lowest BCUT2D eigenvalue weighted by molar-refractivity contribution is 0.0791. The Balaban J connectivity index is 1.48. The van der Waals surface area contributed by atoms with Crippen LogP contribution in [0.2, 0.25) is 0 Å². The van der Waals surface area contributed by atoms with Gasteiger partial charge in [0.05, 0.1) is 5.01 Å². The van der Waals surface area contributed by atoms with Crippen molar-refractivity contribution in [1.82, 2.24) is 9.88 Å². The van der Waals surface area contributed by atoms with Gasteiger partial charge in [0, 0.05) is 36.1 Å². The number of rotatable bonds is 5. The minimum Gasteiger partial charge on any atom is -0.339 e. The summed E-state index contributed by atoms with van der Waals surface area (Å²) in [4.78, 5) is 31.7. The molecule has 7 heteroatoms. The van der Waals surface area contributed by atoms with E-state index in [1.54, 1.807) is 41.8 Å². The van der Waals surface area contributed by atoms with E-state index in [-0.39, 0.29) is 23.3 Å². The molecular weight excluding hydrogens is 401 g/mol. The second-order valence-electron chi connectivity index (χ2n) is 7.33. The number of thiazole rings is 1. The van der Waals surface area contributed by atoms with Crippen molar-refractivity contribution in [3.05, 3.63) is 81.1 Å². The molecule has 2 aromatic carbocycles. The van der Waals surface area contributed by atoms with E-state index in [1.807, 2.05) is 11.8 Å². The molecule has 0 saturated carbocycles. The topological polar surface area (TPSA) is 62.3 Å². The van der Waals surface area contributed by atoms with Crippen LogP contribution in [0.25, 0.3) is 0 Å². The third-order valence-electron chi connectivity index (χ3n) is 5.29. The molecule has 0 spiro atoms. The Morgan fingerprint density at radius 3 is 2.67 bits per heavy atom. The summed E-state index contributed by atoms with van der Waals surface area (Å²) >= 11 is 1.32. The van der Waals surface area contributed by atoms with E-state index in [2.05, 4.69) is 10.3 Å². The maximum atomic E-state index is 13.9. The number of nitrogens with zero attached hydrogens (tertiary/aromatic N) is 2. The van der Waals surface area contributed by atoms with Gasteiger partial charge in [0.1, 0.15) is 11.5 Å². The molecule has 0 unspecified atom stereocenters. The van der Waals surface area contributed by atoms with E-state index in [0.717, 1.165) is 31.5 Å². The summed E-state index contributed by atoms with van der Waals surface area (Å²) in [5.41, 5.74) is 2.76. The summed E-state index contributed by atoms with van der Waals surface area (Å²) in [6.45, 7) is 3.39. The minimum absolute atomic E-state index is 0.00179. The third-order valence-corrected chi connectivity index (χ3v) is 6.14. The van der Waals surface area contributed by atoms with Gasteiger partial charge in [-0.05, 0) is 49.1 Å². The molecule has 1 saturated heterocycles. The fraction of sp³-hybridized carbons (Fsp3) is 0.261. The first-order chi connectivity index (χ1) is 14.5. The molecule has 0 aliphatic carbocycles. The molecule has 0 atom stereocenters. The normalized spacial score (nSPS) is 13.5. The van der Waals surface area contributed by atoms with Gasteiger partial charge in [-0.1, -0.05) is 24.3 Å². The molecule has 30 heavy (non-hydrogen) atoms. The van der Waals surface area contributed by atoms with Crippen molar-refractivity contribution in [1.29, 1.82) is 0 Å². The lowest BCUT2D eigenvalue weighted by atomic mass is 10.1. The van der Waals surface area contributed by atoms with E-state index in [4.69, 9.17) is 0 Å². The van der Waals surface area contributed by atoms with Crippen LogP contribution in [0, 0.1) is 12.7 Å². The van der Waals surface area contributed by atoms with Crippen LogP contribution >= 0.6 is 11.3 Å². The molecule has 1 aromatic heterocycles. The number of amides is 2.